The molecule has 1 fully saturated rings. The molecule has 3 aliphatic carbocycles. The molecule has 4 aliphatic rings. The van der Waals surface area contributed by atoms with Crippen LogP contribution in [-0.2, 0) is 11.3 Å². The molecule has 3 nitrogen and oxygen atoms in total. The molecular weight excluding hydrogens is 380 g/mol. The van der Waals surface area contributed by atoms with E-state index in [-0.39, 0.29) is 11.8 Å². The zero-order valence-corrected chi connectivity index (χ0v) is 18.0. The Labute approximate surface area is 184 Å². The van der Waals surface area contributed by atoms with Crippen molar-refractivity contribution in [2.75, 3.05) is 19.6 Å². The maximum Gasteiger partial charge on any atom is 0.224 e. The molecule has 0 spiro atoms. The van der Waals surface area contributed by atoms with E-state index in [1.165, 1.54) is 38.9 Å². The molecule has 0 saturated carbocycles. The Morgan fingerprint density at radius 2 is 1.45 bits per heavy atom. The van der Waals surface area contributed by atoms with Crippen molar-refractivity contribution in [3.63, 3.8) is 0 Å². The van der Waals surface area contributed by atoms with Crippen LogP contribution in [0.1, 0.15) is 64.1 Å². The van der Waals surface area contributed by atoms with E-state index >= 15 is 0 Å². The molecule has 1 aliphatic heterocycles. The zero-order valence-electron chi connectivity index (χ0n) is 18.0. The second-order valence-electron chi connectivity index (χ2n) is 9.20. The van der Waals surface area contributed by atoms with Gasteiger partial charge in [0.15, 0.2) is 0 Å². The first-order valence-corrected chi connectivity index (χ1v) is 11.5. The van der Waals surface area contributed by atoms with Crippen molar-refractivity contribution >= 4 is 5.91 Å². The van der Waals surface area contributed by atoms with E-state index in [4.69, 9.17) is 0 Å². The van der Waals surface area contributed by atoms with E-state index in [0.29, 0.717) is 18.4 Å². The highest BCUT2D eigenvalue weighted by molar-refractivity contribution is 5.79. The third kappa shape index (κ3) is 2.95. The van der Waals surface area contributed by atoms with Crippen LogP contribution >= 0.6 is 0 Å². The van der Waals surface area contributed by atoms with E-state index < -0.39 is 0 Å². The van der Waals surface area contributed by atoms with Gasteiger partial charge in [-0.05, 0) is 58.8 Å². The van der Waals surface area contributed by atoms with Crippen LogP contribution in [0.3, 0.4) is 0 Å². The molecule has 3 aromatic rings. The van der Waals surface area contributed by atoms with Gasteiger partial charge in [-0.25, -0.2) is 0 Å². The van der Waals surface area contributed by atoms with Gasteiger partial charge in [-0.2, -0.15) is 0 Å². The Bertz CT molecular complexity index is 1120. The normalized spacial score (nSPS) is 23.2. The number of nitrogens with zero attached hydrogens (tertiary/aromatic N) is 1. The quantitative estimate of drug-likeness (QED) is 0.470. The van der Waals surface area contributed by atoms with E-state index in [1.807, 2.05) is 6.92 Å². The molecular formula is C28H28N2O. The van der Waals surface area contributed by atoms with Gasteiger partial charge in [-0.15, -0.1) is 0 Å². The number of amides is 1. The lowest BCUT2D eigenvalue weighted by Crippen LogP contribution is -2.32. The summed E-state index contributed by atoms with van der Waals surface area (Å²) < 4.78 is 0. The summed E-state index contributed by atoms with van der Waals surface area (Å²) in [5.74, 6) is 1.01. The number of rotatable bonds is 4. The minimum Gasteiger partial charge on any atom is -0.356 e. The van der Waals surface area contributed by atoms with Gasteiger partial charge in [-0.1, -0.05) is 66.7 Å². The summed E-state index contributed by atoms with van der Waals surface area (Å²) in [5.41, 5.74) is 10.2. The summed E-state index contributed by atoms with van der Waals surface area (Å²) in [6.45, 7) is 5.48. The topological polar surface area (TPSA) is 32.3 Å². The van der Waals surface area contributed by atoms with Crippen LogP contribution in [0.25, 0.3) is 0 Å². The van der Waals surface area contributed by atoms with Crippen LogP contribution in [-0.4, -0.2) is 30.4 Å². The van der Waals surface area contributed by atoms with Gasteiger partial charge in [-0.3, -0.25) is 9.69 Å². The van der Waals surface area contributed by atoms with Gasteiger partial charge in [0.1, 0.15) is 0 Å². The molecule has 1 saturated heterocycles. The minimum atomic E-state index is 0.132. The van der Waals surface area contributed by atoms with Crippen molar-refractivity contribution in [1.82, 2.24) is 10.2 Å². The fraction of sp³-hybridized carbons (Fsp3) is 0.321. The molecule has 3 heteroatoms. The summed E-state index contributed by atoms with van der Waals surface area (Å²) in [6.07, 6.45) is 0.961. The van der Waals surface area contributed by atoms with Gasteiger partial charge in [0.2, 0.25) is 5.91 Å². The lowest BCUT2D eigenvalue weighted by molar-refractivity contribution is -0.124. The molecule has 3 aromatic carbocycles. The van der Waals surface area contributed by atoms with Gasteiger partial charge in [0, 0.05) is 31.5 Å². The summed E-state index contributed by atoms with van der Waals surface area (Å²) in [6, 6.07) is 25.1. The Kier molecular flexibility index (Phi) is 4.46. The number of likely N-dealkylation sites (tertiary alicyclic amines) is 1. The number of benzene rings is 3. The first-order valence-electron chi connectivity index (χ1n) is 11.5. The zero-order chi connectivity index (χ0) is 20.9. The summed E-state index contributed by atoms with van der Waals surface area (Å²) in [7, 11) is 0. The first-order chi connectivity index (χ1) is 15.2. The Hall–Kier alpha value is -2.91. The highest BCUT2D eigenvalue weighted by atomic mass is 16.1. The summed E-state index contributed by atoms with van der Waals surface area (Å²) >= 11 is 0. The molecule has 1 N–H and O–H groups in total. The van der Waals surface area contributed by atoms with E-state index in [9.17, 15) is 4.79 Å². The highest BCUT2D eigenvalue weighted by Crippen LogP contribution is 2.55. The van der Waals surface area contributed by atoms with E-state index in [0.717, 1.165) is 26.1 Å². The maximum atomic E-state index is 12.2. The van der Waals surface area contributed by atoms with Gasteiger partial charge in [0.25, 0.3) is 0 Å². The van der Waals surface area contributed by atoms with Crippen molar-refractivity contribution in [3.05, 3.63) is 106 Å². The molecule has 2 bridgehead atoms. The second kappa shape index (κ2) is 7.35. The fourth-order valence-electron chi connectivity index (χ4n) is 6.08. The third-order valence-electron chi connectivity index (χ3n) is 7.41. The lowest BCUT2D eigenvalue weighted by Gasteiger charge is -2.42. The Morgan fingerprint density at radius 1 is 0.871 bits per heavy atom. The molecule has 1 heterocycles. The SMILES string of the molecule is CCNC(=O)C1CCN(Cc2ccc3c(c2)C2c4ccccc4C3c3ccccc32)C1. The van der Waals surface area contributed by atoms with Crippen molar-refractivity contribution in [3.8, 4) is 0 Å². The smallest absolute Gasteiger partial charge is 0.224 e. The second-order valence-corrected chi connectivity index (χ2v) is 9.20. The molecule has 0 radical (unpaired) electrons. The van der Waals surface area contributed by atoms with Crippen LogP contribution in [0, 0.1) is 5.92 Å². The van der Waals surface area contributed by atoms with Gasteiger partial charge < -0.3 is 5.32 Å². The molecule has 31 heavy (non-hydrogen) atoms. The predicted molar refractivity (Wildman–Crippen MR) is 123 cm³/mol. The number of hydrogen-bond acceptors (Lipinski definition) is 2. The van der Waals surface area contributed by atoms with Gasteiger partial charge in [0.05, 0.1) is 5.92 Å². The van der Waals surface area contributed by atoms with E-state index in [2.05, 4.69) is 76.9 Å². The van der Waals surface area contributed by atoms with Crippen LogP contribution in [0.2, 0.25) is 0 Å². The van der Waals surface area contributed by atoms with Crippen LogP contribution in [0.5, 0.6) is 0 Å². The van der Waals surface area contributed by atoms with Crippen molar-refractivity contribution < 1.29 is 4.79 Å². The minimum absolute atomic E-state index is 0.132. The van der Waals surface area contributed by atoms with Crippen molar-refractivity contribution in [2.24, 2.45) is 5.92 Å². The summed E-state index contributed by atoms with van der Waals surface area (Å²) in [4.78, 5) is 14.7. The molecule has 1 atom stereocenters. The molecule has 0 aromatic heterocycles. The average Bonchev–Trinajstić information content (AvgIpc) is 3.27. The standard InChI is InChI=1S/C28H28N2O/c1-2-29-28(31)19-13-14-30(17-19)16-18-11-12-24-25(15-18)27-22-9-5-3-7-20(22)26(24)21-8-4-6-10-23(21)27/h3-12,15,19,26-27H,2,13-14,16-17H2,1H3,(H,29,31). The lowest BCUT2D eigenvalue weighted by atomic mass is 9.61. The number of hydrogen-bond donors (Lipinski definition) is 1. The largest absolute Gasteiger partial charge is 0.356 e. The van der Waals surface area contributed by atoms with Crippen LogP contribution in [0.4, 0.5) is 0 Å². The summed E-state index contributed by atoms with van der Waals surface area (Å²) in [5, 5.41) is 2.98. The van der Waals surface area contributed by atoms with Crippen LogP contribution in [0.15, 0.2) is 66.7 Å². The highest BCUT2D eigenvalue weighted by Gasteiger charge is 2.41. The third-order valence-corrected chi connectivity index (χ3v) is 7.41. The number of carbonyl (C=O) groups excluding carboxylic acids is 1. The Morgan fingerprint density at radius 3 is 2.06 bits per heavy atom. The predicted octanol–water partition coefficient (Wildman–Crippen LogP) is 4.63. The van der Waals surface area contributed by atoms with Crippen molar-refractivity contribution in [1.29, 1.82) is 0 Å². The average molecular weight is 409 g/mol. The maximum absolute atomic E-state index is 12.2. The fourth-order valence-corrected chi connectivity index (χ4v) is 6.08. The Balaban J connectivity index is 1.32. The van der Waals surface area contributed by atoms with E-state index in [1.54, 1.807) is 0 Å². The van der Waals surface area contributed by atoms with Gasteiger partial charge >= 0.3 is 0 Å². The molecule has 1 unspecified atom stereocenters. The number of nitrogens with one attached hydrogen (secondary N) is 1. The van der Waals surface area contributed by atoms with Crippen molar-refractivity contribution in [2.45, 2.75) is 31.7 Å². The monoisotopic (exact) mass is 408 g/mol. The number of carbonyl (C=O) groups is 1. The van der Waals surface area contributed by atoms with Crippen LogP contribution < -0.4 is 5.32 Å². The molecule has 156 valence electrons. The molecule has 7 rings (SSSR count). The first kappa shape index (κ1) is 18.8. The molecule has 1 amide bonds.